The number of ether oxygens (including phenoxy) is 3. The Labute approximate surface area is 140 Å². The van der Waals surface area contributed by atoms with E-state index in [1.54, 1.807) is 19.2 Å². The summed E-state index contributed by atoms with van der Waals surface area (Å²) in [6.07, 6.45) is 1.45. The van der Waals surface area contributed by atoms with Crippen molar-refractivity contribution in [3.8, 4) is 11.8 Å². The third kappa shape index (κ3) is 3.11. The van der Waals surface area contributed by atoms with Crippen molar-refractivity contribution < 1.29 is 18.6 Å². The molecule has 7 heteroatoms. The summed E-state index contributed by atoms with van der Waals surface area (Å²) in [5.41, 5.74) is 0.919. The first-order valence-corrected chi connectivity index (χ1v) is 7.82. The Bertz CT molecular complexity index is 745. The normalized spacial score (nSPS) is 20.0. The number of rotatable bonds is 6. The quantitative estimate of drug-likeness (QED) is 0.803. The molecular weight excluding hydrogens is 310 g/mol. The second-order valence-corrected chi connectivity index (χ2v) is 5.58. The molecule has 1 atom stereocenters. The zero-order valence-corrected chi connectivity index (χ0v) is 13.7. The van der Waals surface area contributed by atoms with Gasteiger partial charge in [-0.25, -0.2) is 0 Å². The molecule has 2 heterocycles. The van der Waals surface area contributed by atoms with Crippen LogP contribution in [-0.4, -0.2) is 30.5 Å². The van der Waals surface area contributed by atoms with E-state index in [9.17, 15) is 0 Å². The standard InChI is InChI=1S/C17H19N3O4/c1-3-13-8-12(9-18)4-5-14(13)23-10-15-19-20-16(24-15)17(21-2)6-7-22-11-17/h4-5,8H,3,6-7,10-11H2,1-2H3. The third-order valence-electron chi connectivity index (χ3n) is 4.15. The number of methoxy groups -OCH3 is 1. The number of hydrogen-bond donors (Lipinski definition) is 0. The van der Waals surface area contributed by atoms with Gasteiger partial charge in [0, 0.05) is 13.5 Å². The molecule has 24 heavy (non-hydrogen) atoms. The molecule has 1 aromatic heterocycles. The van der Waals surface area contributed by atoms with E-state index in [4.69, 9.17) is 23.9 Å². The van der Waals surface area contributed by atoms with Crippen LogP contribution in [0.15, 0.2) is 22.6 Å². The second kappa shape index (κ2) is 6.99. The number of aryl methyl sites for hydroxylation is 1. The van der Waals surface area contributed by atoms with Crippen LogP contribution in [0, 0.1) is 11.3 Å². The molecule has 0 aliphatic carbocycles. The topological polar surface area (TPSA) is 90.4 Å². The van der Waals surface area contributed by atoms with Crippen LogP contribution < -0.4 is 4.74 Å². The first-order chi connectivity index (χ1) is 11.7. The summed E-state index contributed by atoms with van der Waals surface area (Å²) in [7, 11) is 1.61. The van der Waals surface area contributed by atoms with Gasteiger partial charge in [-0.1, -0.05) is 6.92 Å². The molecule has 0 amide bonds. The molecule has 0 N–H and O–H groups in total. The second-order valence-electron chi connectivity index (χ2n) is 5.58. The lowest BCUT2D eigenvalue weighted by molar-refractivity contribution is -0.0420. The van der Waals surface area contributed by atoms with Crippen LogP contribution in [-0.2, 0) is 28.1 Å². The predicted octanol–water partition coefficient (Wildman–Crippen LogP) is 2.34. The zero-order valence-electron chi connectivity index (χ0n) is 13.7. The fourth-order valence-electron chi connectivity index (χ4n) is 2.66. The average molecular weight is 329 g/mol. The van der Waals surface area contributed by atoms with Gasteiger partial charge in [0.2, 0.25) is 0 Å². The number of aromatic nitrogens is 2. The van der Waals surface area contributed by atoms with E-state index in [1.807, 2.05) is 13.0 Å². The van der Waals surface area contributed by atoms with E-state index in [1.165, 1.54) is 0 Å². The number of benzene rings is 1. The molecule has 126 valence electrons. The van der Waals surface area contributed by atoms with E-state index < -0.39 is 5.60 Å². The monoisotopic (exact) mass is 329 g/mol. The molecule has 1 aliphatic heterocycles. The lowest BCUT2D eigenvalue weighted by atomic mass is 10.0. The molecule has 0 saturated carbocycles. The highest BCUT2D eigenvalue weighted by atomic mass is 16.6. The van der Waals surface area contributed by atoms with Crippen molar-refractivity contribution in [2.24, 2.45) is 0 Å². The maximum atomic E-state index is 8.96. The van der Waals surface area contributed by atoms with E-state index >= 15 is 0 Å². The van der Waals surface area contributed by atoms with Crippen LogP contribution in [0.3, 0.4) is 0 Å². The summed E-state index contributed by atoms with van der Waals surface area (Å²) in [4.78, 5) is 0. The predicted molar refractivity (Wildman–Crippen MR) is 83.3 cm³/mol. The Hall–Kier alpha value is -2.43. The van der Waals surface area contributed by atoms with Crippen molar-refractivity contribution in [3.05, 3.63) is 41.1 Å². The maximum Gasteiger partial charge on any atom is 0.254 e. The van der Waals surface area contributed by atoms with Gasteiger partial charge in [0.25, 0.3) is 11.8 Å². The minimum atomic E-state index is -0.658. The van der Waals surface area contributed by atoms with Gasteiger partial charge >= 0.3 is 0 Å². The van der Waals surface area contributed by atoms with Crippen molar-refractivity contribution in [2.75, 3.05) is 20.3 Å². The average Bonchev–Trinajstić information content (AvgIpc) is 3.29. The Kier molecular flexibility index (Phi) is 4.79. The summed E-state index contributed by atoms with van der Waals surface area (Å²) in [5, 5.41) is 17.1. The molecule has 0 radical (unpaired) electrons. The van der Waals surface area contributed by atoms with E-state index in [0.717, 1.165) is 12.0 Å². The summed E-state index contributed by atoms with van der Waals surface area (Å²) in [5.74, 6) is 1.50. The molecule has 2 aromatic rings. The van der Waals surface area contributed by atoms with Gasteiger partial charge in [0.1, 0.15) is 5.75 Å². The van der Waals surface area contributed by atoms with Crippen LogP contribution in [0.25, 0.3) is 0 Å². The summed E-state index contributed by atoms with van der Waals surface area (Å²) in [6, 6.07) is 7.46. The SMILES string of the molecule is CCc1cc(C#N)ccc1OCc1nnc(C2(OC)CCOC2)o1. The molecular formula is C17H19N3O4. The van der Waals surface area contributed by atoms with Crippen LogP contribution in [0.5, 0.6) is 5.75 Å². The Morgan fingerprint density at radius 3 is 2.92 bits per heavy atom. The Balaban J connectivity index is 1.71. The summed E-state index contributed by atoms with van der Waals surface area (Å²) in [6.45, 7) is 3.18. The largest absolute Gasteiger partial charge is 0.484 e. The minimum absolute atomic E-state index is 0.159. The highest BCUT2D eigenvalue weighted by Gasteiger charge is 2.42. The van der Waals surface area contributed by atoms with Crippen LogP contribution in [0.1, 0.15) is 36.3 Å². The van der Waals surface area contributed by atoms with Gasteiger partial charge in [0.15, 0.2) is 12.2 Å². The molecule has 1 aromatic carbocycles. The van der Waals surface area contributed by atoms with Crippen LogP contribution in [0.4, 0.5) is 0 Å². The number of nitrogens with zero attached hydrogens (tertiary/aromatic N) is 3. The van der Waals surface area contributed by atoms with Gasteiger partial charge in [-0.3, -0.25) is 0 Å². The Morgan fingerprint density at radius 1 is 1.38 bits per heavy atom. The fourth-order valence-corrected chi connectivity index (χ4v) is 2.66. The molecule has 1 fully saturated rings. The van der Waals surface area contributed by atoms with Crippen molar-refractivity contribution in [3.63, 3.8) is 0 Å². The van der Waals surface area contributed by atoms with Gasteiger partial charge in [-0.15, -0.1) is 10.2 Å². The van der Waals surface area contributed by atoms with Crippen LogP contribution in [0.2, 0.25) is 0 Å². The minimum Gasteiger partial charge on any atom is -0.484 e. The summed E-state index contributed by atoms with van der Waals surface area (Å²) < 4.78 is 22.4. The number of hydrogen-bond acceptors (Lipinski definition) is 7. The molecule has 7 nitrogen and oxygen atoms in total. The first kappa shape index (κ1) is 16.4. The van der Waals surface area contributed by atoms with E-state index in [2.05, 4.69) is 16.3 Å². The zero-order chi connectivity index (χ0) is 17.0. The highest BCUT2D eigenvalue weighted by Crippen LogP contribution is 2.33. The number of nitriles is 1. The first-order valence-electron chi connectivity index (χ1n) is 7.82. The molecule has 1 saturated heterocycles. The van der Waals surface area contributed by atoms with Gasteiger partial charge in [0.05, 0.1) is 24.8 Å². The van der Waals surface area contributed by atoms with Crippen molar-refractivity contribution in [1.82, 2.24) is 10.2 Å². The maximum absolute atomic E-state index is 8.96. The fraction of sp³-hybridized carbons (Fsp3) is 0.471. The van der Waals surface area contributed by atoms with Gasteiger partial charge < -0.3 is 18.6 Å². The van der Waals surface area contributed by atoms with E-state index in [-0.39, 0.29) is 6.61 Å². The van der Waals surface area contributed by atoms with Crippen LogP contribution >= 0.6 is 0 Å². The van der Waals surface area contributed by atoms with Crippen molar-refractivity contribution in [1.29, 1.82) is 5.26 Å². The Morgan fingerprint density at radius 2 is 2.25 bits per heavy atom. The molecule has 1 aliphatic rings. The molecule has 3 rings (SSSR count). The third-order valence-corrected chi connectivity index (χ3v) is 4.15. The van der Waals surface area contributed by atoms with Gasteiger partial charge in [-0.05, 0) is 30.2 Å². The van der Waals surface area contributed by atoms with Crippen molar-refractivity contribution in [2.45, 2.75) is 32.0 Å². The highest BCUT2D eigenvalue weighted by molar-refractivity contribution is 5.42. The summed E-state index contributed by atoms with van der Waals surface area (Å²) >= 11 is 0. The smallest absolute Gasteiger partial charge is 0.254 e. The van der Waals surface area contributed by atoms with Gasteiger partial charge in [-0.2, -0.15) is 5.26 Å². The molecule has 0 bridgehead atoms. The molecule has 1 unspecified atom stereocenters. The van der Waals surface area contributed by atoms with E-state index in [0.29, 0.717) is 42.7 Å². The van der Waals surface area contributed by atoms with Crippen molar-refractivity contribution >= 4 is 0 Å². The lowest BCUT2D eigenvalue weighted by Crippen LogP contribution is -2.29. The molecule has 0 spiro atoms. The lowest BCUT2D eigenvalue weighted by Gasteiger charge is -2.20.